The molecule has 4 nitrogen and oxygen atoms in total. The third-order valence-corrected chi connectivity index (χ3v) is 2.32. The van der Waals surface area contributed by atoms with Gasteiger partial charge in [0.2, 0.25) is 0 Å². The van der Waals surface area contributed by atoms with Crippen LogP contribution in [0.3, 0.4) is 0 Å². The Balaban J connectivity index is 2.70. The topological polar surface area (TPSA) is 65.3 Å². The lowest BCUT2D eigenvalue weighted by atomic mass is 10.2. The average Bonchev–Trinajstić information content (AvgIpc) is 2.27. The van der Waals surface area contributed by atoms with Crippen molar-refractivity contribution in [2.45, 2.75) is 6.10 Å². The predicted octanol–water partition coefficient (Wildman–Crippen LogP) is 1.63. The number of para-hydroxylation sites is 1. The Morgan fingerprint density at radius 2 is 2.38 bits per heavy atom. The standard InChI is InChI=1S/C11H13ClN2O2/c1-16-7-9(15)6-14-11-8(5-13)3-2-4-10(11)12/h2-4,9,14-15H,6-7H2,1H3. The molecule has 0 radical (unpaired) electrons. The van der Waals surface area contributed by atoms with Crippen LogP contribution in [0, 0.1) is 11.3 Å². The van der Waals surface area contributed by atoms with Gasteiger partial charge in [0.05, 0.1) is 29.0 Å². The molecular weight excluding hydrogens is 228 g/mol. The Kier molecular flexibility index (Phi) is 5.06. The second-order valence-corrected chi connectivity index (χ2v) is 3.67. The molecule has 0 saturated heterocycles. The highest BCUT2D eigenvalue weighted by atomic mass is 35.5. The molecule has 0 amide bonds. The first-order valence-electron chi connectivity index (χ1n) is 4.78. The minimum Gasteiger partial charge on any atom is -0.389 e. The number of halogens is 1. The number of aliphatic hydroxyl groups excluding tert-OH is 1. The Hall–Kier alpha value is -1.28. The number of benzene rings is 1. The molecule has 0 aliphatic carbocycles. The third-order valence-electron chi connectivity index (χ3n) is 2.01. The van der Waals surface area contributed by atoms with Gasteiger partial charge in [-0.05, 0) is 12.1 Å². The van der Waals surface area contributed by atoms with Crippen LogP contribution in [0.25, 0.3) is 0 Å². The number of hydrogen-bond donors (Lipinski definition) is 2. The molecule has 0 aromatic heterocycles. The molecule has 0 aliphatic rings. The lowest BCUT2D eigenvalue weighted by Gasteiger charge is -2.13. The molecule has 1 atom stereocenters. The molecule has 1 unspecified atom stereocenters. The Labute approximate surface area is 99.4 Å². The maximum atomic E-state index is 9.45. The zero-order chi connectivity index (χ0) is 12.0. The molecule has 2 N–H and O–H groups in total. The van der Waals surface area contributed by atoms with Crippen LogP contribution in [0.15, 0.2) is 18.2 Å². The normalized spacial score (nSPS) is 11.9. The average molecular weight is 241 g/mol. The summed E-state index contributed by atoms with van der Waals surface area (Å²) in [4.78, 5) is 0. The van der Waals surface area contributed by atoms with Crippen molar-refractivity contribution in [1.82, 2.24) is 0 Å². The number of rotatable bonds is 5. The Morgan fingerprint density at radius 3 is 3.00 bits per heavy atom. The summed E-state index contributed by atoms with van der Waals surface area (Å²) in [5, 5.41) is 21.7. The number of anilines is 1. The van der Waals surface area contributed by atoms with Gasteiger partial charge < -0.3 is 15.2 Å². The van der Waals surface area contributed by atoms with Crippen LogP contribution < -0.4 is 5.32 Å². The van der Waals surface area contributed by atoms with E-state index in [2.05, 4.69) is 5.32 Å². The van der Waals surface area contributed by atoms with E-state index in [4.69, 9.17) is 21.6 Å². The molecule has 0 heterocycles. The van der Waals surface area contributed by atoms with Crippen molar-refractivity contribution in [2.75, 3.05) is 25.6 Å². The van der Waals surface area contributed by atoms with Gasteiger partial charge in [-0.15, -0.1) is 0 Å². The highest BCUT2D eigenvalue weighted by molar-refractivity contribution is 6.33. The molecular formula is C11H13ClN2O2. The van der Waals surface area contributed by atoms with Crippen molar-refractivity contribution >= 4 is 17.3 Å². The number of aliphatic hydroxyl groups is 1. The van der Waals surface area contributed by atoms with Gasteiger partial charge in [-0.2, -0.15) is 5.26 Å². The molecule has 1 aromatic carbocycles. The van der Waals surface area contributed by atoms with Gasteiger partial charge in [0, 0.05) is 13.7 Å². The molecule has 0 aliphatic heterocycles. The fraction of sp³-hybridized carbons (Fsp3) is 0.364. The third kappa shape index (κ3) is 3.38. The van der Waals surface area contributed by atoms with Gasteiger partial charge in [0.25, 0.3) is 0 Å². The molecule has 0 spiro atoms. The van der Waals surface area contributed by atoms with Crippen molar-refractivity contribution in [3.8, 4) is 6.07 Å². The van der Waals surface area contributed by atoms with Gasteiger partial charge in [0.15, 0.2) is 0 Å². The van der Waals surface area contributed by atoms with E-state index < -0.39 is 6.10 Å². The van der Waals surface area contributed by atoms with E-state index in [1.165, 1.54) is 7.11 Å². The van der Waals surface area contributed by atoms with Crippen LogP contribution in [-0.4, -0.2) is 31.5 Å². The van der Waals surface area contributed by atoms with Gasteiger partial charge in [-0.1, -0.05) is 17.7 Å². The highest BCUT2D eigenvalue weighted by Gasteiger charge is 2.08. The minimum atomic E-state index is -0.632. The van der Waals surface area contributed by atoms with Crippen LogP contribution in [0.2, 0.25) is 5.02 Å². The largest absolute Gasteiger partial charge is 0.389 e. The van der Waals surface area contributed by atoms with Gasteiger partial charge in [-0.25, -0.2) is 0 Å². The first-order chi connectivity index (χ1) is 7.69. The molecule has 0 saturated carbocycles. The summed E-state index contributed by atoms with van der Waals surface area (Å²) < 4.78 is 4.79. The first-order valence-corrected chi connectivity index (χ1v) is 5.16. The van der Waals surface area contributed by atoms with Gasteiger partial charge in [-0.3, -0.25) is 0 Å². The summed E-state index contributed by atoms with van der Waals surface area (Å²) in [6, 6.07) is 7.09. The van der Waals surface area contributed by atoms with Crippen molar-refractivity contribution in [2.24, 2.45) is 0 Å². The molecule has 5 heteroatoms. The zero-order valence-electron chi connectivity index (χ0n) is 8.90. The number of nitrogens with one attached hydrogen (secondary N) is 1. The summed E-state index contributed by atoms with van der Waals surface area (Å²) >= 11 is 5.94. The number of nitrogens with zero attached hydrogens (tertiary/aromatic N) is 1. The fourth-order valence-corrected chi connectivity index (χ4v) is 1.51. The van der Waals surface area contributed by atoms with E-state index in [0.29, 0.717) is 16.3 Å². The number of ether oxygens (including phenoxy) is 1. The summed E-state index contributed by atoms with van der Waals surface area (Å²) in [5.41, 5.74) is 0.999. The molecule has 1 aromatic rings. The van der Waals surface area contributed by atoms with Crippen molar-refractivity contribution in [1.29, 1.82) is 5.26 Å². The Bertz CT molecular complexity index is 390. The first kappa shape index (κ1) is 12.8. The summed E-state index contributed by atoms with van der Waals surface area (Å²) in [6.45, 7) is 0.519. The molecule has 16 heavy (non-hydrogen) atoms. The van der Waals surface area contributed by atoms with E-state index >= 15 is 0 Å². The monoisotopic (exact) mass is 240 g/mol. The van der Waals surface area contributed by atoms with Crippen molar-refractivity contribution < 1.29 is 9.84 Å². The summed E-state index contributed by atoms with van der Waals surface area (Å²) in [6.07, 6.45) is -0.632. The number of methoxy groups -OCH3 is 1. The smallest absolute Gasteiger partial charge is 0.101 e. The van der Waals surface area contributed by atoms with E-state index in [-0.39, 0.29) is 13.2 Å². The zero-order valence-corrected chi connectivity index (χ0v) is 9.66. The second-order valence-electron chi connectivity index (χ2n) is 3.26. The van der Waals surface area contributed by atoms with Crippen LogP contribution in [0.5, 0.6) is 0 Å². The van der Waals surface area contributed by atoms with E-state index in [9.17, 15) is 5.11 Å². The van der Waals surface area contributed by atoms with Crippen LogP contribution in [-0.2, 0) is 4.74 Å². The quantitative estimate of drug-likeness (QED) is 0.821. The number of nitriles is 1. The molecule has 0 fully saturated rings. The van der Waals surface area contributed by atoms with Gasteiger partial charge >= 0.3 is 0 Å². The Morgan fingerprint density at radius 1 is 1.62 bits per heavy atom. The molecule has 0 bridgehead atoms. The predicted molar refractivity (Wildman–Crippen MR) is 62.5 cm³/mol. The van der Waals surface area contributed by atoms with Crippen molar-refractivity contribution in [3.63, 3.8) is 0 Å². The minimum absolute atomic E-state index is 0.235. The van der Waals surface area contributed by atoms with Crippen LogP contribution in [0.4, 0.5) is 5.69 Å². The van der Waals surface area contributed by atoms with Crippen molar-refractivity contribution in [3.05, 3.63) is 28.8 Å². The SMILES string of the molecule is COCC(O)CNc1c(Cl)cccc1C#N. The lowest BCUT2D eigenvalue weighted by molar-refractivity contribution is 0.0727. The maximum Gasteiger partial charge on any atom is 0.101 e. The molecule has 86 valence electrons. The van der Waals surface area contributed by atoms with Crippen LogP contribution in [0.1, 0.15) is 5.56 Å². The summed E-state index contributed by atoms with van der Waals surface area (Å²) in [7, 11) is 1.51. The van der Waals surface area contributed by atoms with E-state index in [1.807, 2.05) is 6.07 Å². The number of hydrogen-bond acceptors (Lipinski definition) is 4. The maximum absolute atomic E-state index is 9.45. The highest BCUT2D eigenvalue weighted by Crippen LogP contribution is 2.25. The van der Waals surface area contributed by atoms with E-state index in [0.717, 1.165) is 0 Å². The lowest BCUT2D eigenvalue weighted by Crippen LogP contribution is -2.24. The van der Waals surface area contributed by atoms with E-state index in [1.54, 1.807) is 18.2 Å². The summed E-state index contributed by atoms with van der Waals surface area (Å²) in [5.74, 6) is 0. The fourth-order valence-electron chi connectivity index (χ4n) is 1.27. The van der Waals surface area contributed by atoms with Gasteiger partial charge in [0.1, 0.15) is 6.07 Å². The van der Waals surface area contributed by atoms with Crippen LogP contribution >= 0.6 is 11.6 Å². The molecule has 1 rings (SSSR count). The second kappa shape index (κ2) is 6.33.